The SMILES string of the molecule is CC(C)c1ccc(CC(C)(N)c2cccc(Br)c2)cc1. The van der Waals surface area contributed by atoms with Crippen molar-refractivity contribution in [1.82, 2.24) is 0 Å². The first-order valence-corrected chi connectivity index (χ1v) is 7.81. The molecule has 0 radical (unpaired) electrons. The molecule has 0 aliphatic rings. The maximum atomic E-state index is 6.52. The molecule has 0 saturated carbocycles. The van der Waals surface area contributed by atoms with Crippen LogP contribution < -0.4 is 5.73 Å². The topological polar surface area (TPSA) is 26.0 Å². The highest BCUT2D eigenvalue weighted by atomic mass is 79.9. The van der Waals surface area contributed by atoms with Crippen molar-refractivity contribution in [3.05, 3.63) is 69.7 Å². The minimum atomic E-state index is -0.358. The Morgan fingerprint density at radius 2 is 1.75 bits per heavy atom. The zero-order chi connectivity index (χ0) is 14.8. The van der Waals surface area contributed by atoms with Gasteiger partial charge in [-0.2, -0.15) is 0 Å². The first-order valence-electron chi connectivity index (χ1n) is 7.02. The Morgan fingerprint density at radius 1 is 1.10 bits per heavy atom. The van der Waals surface area contributed by atoms with Crippen LogP contribution in [-0.4, -0.2) is 0 Å². The molecule has 2 N–H and O–H groups in total. The van der Waals surface area contributed by atoms with Gasteiger partial charge in [0.05, 0.1) is 0 Å². The van der Waals surface area contributed by atoms with Crippen LogP contribution >= 0.6 is 15.9 Å². The summed E-state index contributed by atoms with van der Waals surface area (Å²) in [6, 6.07) is 17.0. The maximum Gasteiger partial charge on any atom is 0.0422 e. The second-order valence-electron chi connectivity index (χ2n) is 6.00. The van der Waals surface area contributed by atoms with Gasteiger partial charge in [0.2, 0.25) is 0 Å². The van der Waals surface area contributed by atoms with E-state index >= 15 is 0 Å². The summed E-state index contributed by atoms with van der Waals surface area (Å²) in [5.41, 5.74) is 9.96. The first-order chi connectivity index (χ1) is 9.38. The van der Waals surface area contributed by atoms with Crippen LogP contribution in [0.1, 0.15) is 43.4 Å². The van der Waals surface area contributed by atoms with Gasteiger partial charge in [-0.05, 0) is 48.1 Å². The van der Waals surface area contributed by atoms with E-state index in [1.165, 1.54) is 11.1 Å². The minimum Gasteiger partial charge on any atom is -0.321 e. The largest absolute Gasteiger partial charge is 0.321 e. The second kappa shape index (κ2) is 6.11. The molecule has 1 unspecified atom stereocenters. The number of benzene rings is 2. The van der Waals surface area contributed by atoms with Crippen molar-refractivity contribution in [2.45, 2.75) is 38.6 Å². The second-order valence-corrected chi connectivity index (χ2v) is 6.92. The molecule has 20 heavy (non-hydrogen) atoms. The van der Waals surface area contributed by atoms with Crippen LogP contribution in [0.15, 0.2) is 53.0 Å². The highest BCUT2D eigenvalue weighted by Crippen LogP contribution is 2.26. The summed E-state index contributed by atoms with van der Waals surface area (Å²) in [4.78, 5) is 0. The lowest BCUT2D eigenvalue weighted by molar-refractivity contribution is 0.491. The van der Waals surface area contributed by atoms with Gasteiger partial charge in [-0.15, -0.1) is 0 Å². The molecule has 0 aromatic heterocycles. The van der Waals surface area contributed by atoms with Gasteiger partial charge in [0, 0.05) is 10.0 Å². The van der Waals surface area contributed by atoms with Crippen LogP contribution in [0.2, 0.25) is 0 Å². The highest BCUT2D eigenvalue weighted by molar-refractivity contribution is 9.10. The van der Waals surface area contributed by atoms with Crippen molar-refractivity contribution in [1.29, 1.82) is 0 Å². The summed E-state index contributed by atoms with van der Waals surface area (Å²) in [5.74, 6) is 0.568. The molecule has 0 spiro atoms. The van der Waals surface area contributed by atoms with Crippen LogP contribution in [0.5, 0.6) is 0 Å². The fourth-order valence-corrected chi connectivity index (χ4v) is 2.79. The number of halogens is 1. The third kappa shape index (κ3) is 3.71. The van der Waals surface area contributed by atoms with E-state index in [1.54, 1.807) is 0 Å². The zero-order valence-electron chi connectivity index (χ0n) is 12.4. The number of hydrogen-bond donors (Lipinski definition) is 1. The lowest BCUT2D eigenvalue weighted by Gasteiger charge is -2.26. The summed E-state index contributed by atoms with van der Waals surface area (Å²) in [6.45, 7) is 6.51. The van der Waals surface area contributed by atoms with E-state index in [-0.39, 0.29) is 5.54 Å². The molecule has 106 valence electrons. The van der Waals surface area contributed by atoms with Crippen LogP contribution in [-0.2, 0) is 12.0 Å². The molecule has 0 aliphatic heterocycles. The fraction of sp³-hybridized carbons (Fsp3) is 0.333. The Hall–Kier alpha value is -1.12. The molecule has 0 bridgehead atoms. The zero-order valence-corrected chi connectivity index (χ0v) is 13.9. The van der Waals surface area contributed by atoms with E-state index in [0.29, 0.717) is 5.92 Å². The summed E-state index contributed by atoms with van der Waals surface area (Å²) in [7, 11) is 0. The van der Waals surface area contributed by atoms with Gasteiger partial charge in [0.15, 0.2) is 0 Å². The van der Waals surface area contributed by atoms with E-state index in [4.69, 9.17) is 5.73 Å². The van der Waals surface area contributed by atoms with E-state index in [2.05, 4.69) is 73.1 Å². The molecular weight excluding hydrogens is 310 g/mol. The van der Waals surface area contributed by atoms with Crippen molar-refractivity contribution in [3.63, 3.8) is 0 Å². The molecular formula is C18H22BrN. The van der Waals surface area contributed by atoms with Crippen LogP contribution in [0.25, 0.3) is 0 Å². The Morgan fingerprint density at radius 3 is 2.30 bits per heavy atom. The first kappa shape index (κ1) is 15.3. The Bertz CT molecular complexity index is 570. The van der Waals surface area contributed by atoms with Gasteiger partial charge in [-0.3, -0.25) is 0 Å². The summed E-state index contributed by atoms with van der Waals surface area (Å²) in [5, 5.41) is 0. The molecule has 0 fully saturated rings. The van der Waals surface area contributed by atoms with Crippen LogP contribution in [0.3, 0.4) is 0 Å². The summed E-state index contributed by atoms with van der Waals surface area (Å²) >= 11 is 3.51. The smallest absolute Gasteiger partial charge is 0.0422 e. The average molecular weight is 332 g/mol. The molecule has 2 heteroatoms. The van der Waals surface area contributed by atoms with E-state index in [0.717, 1.165) is 16.5 Å². The molecule has 2 rings (SSSR count). The van der Waals surface area contributed by atoms with Crippen molar-refractivity contribution < 1.29 is 0 Å². The minimum absolute atomic E-state index is 0.358. The normalized spacial score (nSPS) is 14.3. The molecule has 1 nitrogen and oxygen atoms in total. The summed E-state index contributed by atoms with van der Waals surface area (Å²) < 4.78 is 1.07. The third-order valence-electron chi connectivity index (χ3n) is 3.70. The van der Waals surface area contributed by atoms with Gasteiger partial charge in [0.25, 0.3) is 0 Å². The van der Waals surface area contributed by atoms with Crippen molar-refractivity contribution in [3.8, 4) is 0 Å². The molecule has 0 heterocycles. The van der Waals surface area contributed by atoms with E-state index in [9.17, 15) is 0 Å². The van der Waals surface area contributed by atoms with Crippen molar-refractivity contribution >= 4 is 15.9 Å². The molecule has 0 aliphatic carbocycles. The average Bonchev–Trinajstić information content (AvgIpc) is 2.39. The summed E-state index contributed by atoms with van der Waals surface area (Å²) in [6.07, 6.45) is 0.835. The van der Waals surface area contributed by atoms with Crippen molar-refractivity contribution in [2.24, 2.45) is 5.73 Å². The van der Waals surface area contributed by atoms with Crippen LogP contribution in [0.4, 0.5) is 0 Å². The van der Waals surface area contributed by atoms with Crippen molar-refractivity contribution in [2.75, 3.05) is 0 Å². The predicted molar refractivity (Wildman–Crippen MR) is 89.9 cm³/mol. The van der Waals surface area contributed by atoms with E-state index < -0.39 is 0 Å². The Kier molecular flexibility index (Phi) is 4.66. The monoisotopic (exact) mass is 331 g/mol. The van der Waals surface area contributed by atoms with E-state index in [1.807, 2.05) is 12.1 Å². The quantitative estimate of drug-likeness (QED) is 0.839. The fourth-order valence-electron chi connectivity index (χ4n) is 2.39. The Balaban J connectivity index is 2.19. The van der Waals surface area contributed by atoms with Crippen LogP contribution in [0, 0.1) is 0 Å². The molecule has 0 saturated heterocycles. The molecule has 1 atom stereocenters. The Labute approximate surface area is 130 Å². The maximum absolute atomic E-state index is 6.52. The van der Waals surface area contributed by atoms with Gasteiger partial charge in [-0.25, -0.2) is 0 Å². The standard InChI is InChI=1S/C18H22BrN/c1-13(2)15-9-7-14(8-10-15)12-18(3,20)16-5-4-6-17(19)11-16/h4-11,13H,12,20H2,1-3H3. The third-order valence-corrected chi connectivity index (χ3v) is 4.20. The molecule has 2 aromatic carbocycles. The van der Waals surface area contributed by atoms with Gasteiger partial charge in [0.1, 0.15) is 0 Å². The molecule has 2 aromatic rings. The lowest BCUT2D eigenvalue weighted by Crippen LogP contribution is -2.35. The number of nitrogens with two attached hydrogens (primary N) is 1. The van der Waals surface area contributed by atoms with Gasteiger partial charge < -0.3 is 5.73 Å². The van der Waals surface area contributed by atoms with Gasteiger partial charge >= 0.3 is 0 Å². The highest BCUT2D eigenvalue weighted by Gasteiger charge is 2.21. The molecule has 0 amide bonds. The number of rotatable bonds is 4. The predicted octanol–water partition coefficient (Wildman–Crippen LogP) is 4.99. The van der Waals surface area contributed by atoms with Gasteiger partial charge in [-0.1, -0.05) is 66.2 Å². The lowest BCUT2D eigenvalue weighted by atomic mass is 9.86. The number of hydrogen-bond acceptors (Lipinski definition) is 1.